The Morgan fingerprint density at radius 2 is 2.12 bits per heavy atom. The number of nitrogens with zero attached hydrogens (tertiary/aromatic N) is 4. The summed E-state index contributed by atoms with van der Waals surface area (Å²) in [5, 5.41) is 0. The standard InChI is InChI=1S/C20H22FN5/c1-14-12-17(19-22-9-10-23-19)25-20(24-14)18-8-4-5-11-26(18)13-15-6-2-3-7-16(15)21/h2-3,6-7,9-10,12,18H,4-5,8,11,13H2,1H3,(H,22,23)/t18-/m1/s1. The Bertz CT molecular complexity index is 878. The van der Waals surface area contributed by atoms with Crippen molar-refractivity contribution in [1.29, 1.82) is 0 Å². The Morgan fingerprint density at radius 3 is 2.92 bits per heavy atom. The second-order valence-electron chi connectivity index (χ2n) is 6.76. The van der Waals surface area contributed by atoms with Crippen molar-refractivity contribution in [2.24, 2.45) is 0 Å². The Morgan fingerprint density at radius 1 is 1.23 bits per heavy atom. The van der Waals surface area contributed by atoms with Crippen LogP contribution in [-0.4, -0.2) is 31.4 Å². The average molecular weight is 351 g/mol. The summed E-state index contributed by atoms with van der Waals surface area (Å²) in [4.78, 5) is 19.2. The van der Waals surface area contributed by atoms with Crippen molar-refractivity contribution in [3.8, 4) is 11.5 Å². The quantitative estimate of drug-likeness (QED) is 0.771. The molecule has 0 spiro atoms. The van der Waals surface area contributed by atoms with Gasteiger partial charge in [0.1, 0.15) is 17.3 Å². The van der Waals surface area contributed by atoms with Crippen LogP contribution >= 0.6 is 0 Å². The number of aryl methyl sites for hydroxylation is 1. The molecule has 1 saturated heterocycles. The molecule has 3 aromatic rings. The molecular weight excluding hydrogens is 329 g/mol. The Labute approximate surface area is 152 Å². The second kappa shape index (κ2) is 7.33. The minimum Gasteiger partial charge on any atom is -0.343 e. The normalized spacial score (nSPS) is 18.2. The van der Waals surface area contributed by atoms with Gasteiger partial charge in [0, 0.05) is 30.2 Å². The van der Waals surface area contributed by atoms with Crippen molar-refractivity contribution in [3.05, 3.63) is 65.6 Å². The molecular formula is C20H22FN5. The van der Waals surface area contributed by atoms with E-state index in [1.54, 1.807) is 18.5 Å². The Kier molecular flexibility index (Phi) is 4.75. The smallest absolute Gasteiger partial charge is 0.156 e. The summed E-state index contributed by atoms with van der Waals surface area (Å²) in [5.74, 6) is 1.39. The van der Waals surface area contributed by atoms with Gasteiger partial charge in [0.25, 0.3) is 0 Å². The first-order valence-electron chi connectivity index (χ1n) is 9.03. The molecule has 0 amide bonds. The molecule has 0 unspecified atom stereocenters. The van der Waals surface area contributed by atoms with Crippen LogP contribution in [0.2, 0.25) is 0 Å². The molecule has 134 valence electrons. The summed E-state index contributed by atoms with van der Waals surface area (Å²) >= 11 is 0. The Balaban J connectivity index is 1.65. The van der Waals surface area contributed by atoms with Crippen LogP contribution in [0.15, 0.2) is 42.7 Å². The highest BCUT2D eigenvalue weighted by molar-refractivity contribution is 5.49. The van der Waals surface area contributed by atoms with E-state index in [-0.39, 0.29) is 11.9 Å². The fourth-order valence-electron chi connectivity index (χ4n) is 3.59. The van der Waals surface area contributed by atoms with E-state index in [1.807, 2.05) is 25.1 Å². The number of rotatable bonds is 4. The minimum atomic E-state index is -0.154. The average Bonchev–Trinajstić information content (AvgIpc) is 3.18. The minimum absolute atomic E-state index is 0.0944. The Hall–Kier alpha value is -2.60. The first-order valence-corrected chi connectivity index (χ1v) is 9.03. The summed E-state index contributed by atoms with van der Waals surface area (Å²) < 4.78 is 14.1. The molecule has 1 aliphatic heterocycles. The summed E-state index contributed by atoms with van der Waals surface area (Å²) in [7, 11) is 0. The number of halogens is 1. The van der Waals surface area contributed by atoms with E-state index in [1.165, 1.54) is 6.07 Å². The molecule has 2 aromatic heterocycles. The van der Waals surface area contributed by atoms with Crippen LogP contribution in [0.4, 0.5) is 4.39 Å². The van der Waals surface area contributed by atoms with Gasteiger partial charge in [0.2, 0.25) is 0 Å². The van der Waals surface area contributed by atoms with Crippen molar-refractivity contribution in [3.63, 3.8) is 0 Å². The summed E-state index contributed by atoms with van der Waals surface area (Å²) in [6, 6.07) is 9.02. The molecule has 1 aromatic carbocycles. The molecule has 26 heavy (non-hydrogen) atoms. The van der Waals surface area contributed by atoms with Crippen molar-refractivity contribution in [2.45, 2.75) is 38.8 Å². The van der Waals surface area contributed by atoms with Crippen LogP contribution < -0.4 is 0 Å². The molecule has 0 aliphatic carbocycles. The van der Waals surface area contributed by atoms with E-state index in [2.05, 4.69) is 14.9 Å². The third-order valence-corrected chi connectivity index (χ3v) is 4.86. The topological polar surface area (TPSA) is 57.7 Å². The number of likely N-dealkylation sites (tertiary alicyclic amines) is 1. The fourth-order valence-corrected chi connectivity index (χ4v) is 3.59. The lowest BCUT2D eigenvalue weighted by atomic mass is 10.00. The lowest BCUT2D eigenvalue weighted by molar-refractivity contribution is 0.132. The van der Waals surface area contributed by atoms with E-state index in [0.29, 0.717) is 6.54 Å². The largest absolute Gasteiger partial charge is 0.343 e. The molecule has 5 nitrogen and oxygen atoms in total. The number of benzene rings is 1. The number of hydrogen-bond donors (Lipinski definition) is 1. The van der Waals surface area contributed by atoms with Crippen LogP contribution in [0.3, 0.4) is 0 Å². The van der Waals surface area contributed by atoms with Gasteiger partial charge in [0.15, 0.2) is 5.82 Å². The molecule has 6 heteroatoms. The van der Waals surface area contributed by atoms with E-state index < -0.39 is 0 Å². The summed E-state index contributed by atoms with van der Waals surface area (Å²) in [6.45, 7) is 3.47. The summed E-state index contributed by atoms with van der Waals surface area (Å²) in [6.07, 6.45) is 6.73. The molecule has 0 radical (unpaired) electrons. The molecule has 0 saturated carbocycles. The maximum absolute atomic E-state index is 14.1. The van der Waals surface area contributed by atoms with Crippen LogP contribution in [0.25, 0.3) is 11.5 Å². The van der Waals surface area contributed by atoms with Gasteiger partial charge in [0.05, 0.1) is 6.04 Å². The van der Waals surface area contributed by atoms with Crippen LogP contribution in [0, 0.1) is 12.7 Å². The van der Waals surface area contributed by atoms with Gasteiger partial charge in [-0.3, -0.25) is 4.90 Å². The van der Waals surface area contributed by atoms with Gasteiger partial charge < -0.3 is 4.98 Å². The number of nitrogens with one attached hydrogen (secondary N) is 1. The second-order valence-corrected chi connectivity index (χ2v) is 6.76. The molecule has 1 N–H and O–H groups in total. The zero-order chi connectivity index (χ0) is 17.9. The number of imidazole rings is 1. The van der Waals surface area contributed by atoms with E-state index >= 15 is 0 Å². The SMILES string of the molecule is Cc1cc(-c2ncc[nH]2)nc([C@H]2CCCCN2Cc2ccccc2F)n1. The van der Waals surface area contributed by atoms with Crippen molar-refractivity contribution in [2.75, 3.05) is 6.54 Å². The predicted molar refractivity (Wildman–Crippen MR) is 97.8 cm³/mol. The molecule has 3 heterocycles. The highest BCUT2D eigenvalue weighted by atomic mass is 19.1. The zero-order valence-electron chi connectivity index (χ0n) is 14.8. The third-order valence-electron chi connectivity index (χ3n) is 4.86. The van der Waals surface area contributed by atoms with Gasteiger partial charge in [-0.05, 0) is 38.4 Å². The fraction of sp³-hybridized carbons (Fsp3) is 0.350. The number of aromatic amines is 1. The van der Waals surface area contributed by atoms with Gasteiger partial charge in [-0.2, -0.15) is 0 Å². The highest BCUT2D eigenvalue weighted by Gasteiger charge is 2.27. The van der Waals surface area contributed by atoms with Crippen LogP contribution in [-0.2, 0) is 6.54 Å². The lowest BCUT2D eigenvalue weighted by Crippen LogP contribution is -2.34. The molecule has 4 rings (SSSR count). The lowest BCUT2D eigenvalue weighted by Gasteiger charge is -2.35. The maximum atomic E-state index is 14.1. The van der Waals surface area contributed by atoms with Crippen molar-refractivity contribution >= 4 is 0 Å². The molecule has 0 bridgehead atoms. The van der Waals surface area contributed by atoms with Gasteiger partial charge in [-0.25, -0.2) is 19.3 Å². The molecule has 1 atom stereocenters. The number of H-pyrrole nitrogens is 1. The van der Waals surface area contributed by atoms with Crippen molar-refractivity contribution in [1.82, 2.24) is 24.8 Å². The highest BCUT2D eigenvalue weighted by Crippen LogP contribution is 2.31. The molecule has 1 fully saturated rings. The third kappa shape index (κ3) is 3.51. The van der Waals surface area contributed by atoms with Crippen LogP contribution in [0.5, 0.6) is 0 Å². The molecule has 1 aliphatic rings. The van der Waals surface area contributed by atoms with E-state index in [0.717, 1.165) is 54.4 Å². The van der Waals surface area contributed by atoms with Gasteiger partial charge in [-0.15, -0.1) is 0 Å². The first-order chi connectivity index (χ1) is 12.7. The van der Waals surface area contributed by atoms with E-state index in [9.17, 15) is 4.39 Å². The summed E-state index contributed by atoms with van der Waals surface area (Å²) in [5.41, 5.74) is 2.44. The van der Waals surface area contributed by atoms with Crippen molar-refractivity contribution < 1.29 is 4.39 Å². The monoisotopic (exact) mass is 351 g/mol. The number of piperidine rings is 1. The zero-order valence-corrected chi connectivity index (χ0v) is 14.8. The number of aromatic nitrogens is 4. The number of hydrogen-bond acceptors (Lipinski definition) is 4. The predicted octanol–water partition coefficient (Wildman–Crippen LogP) is 4.04. The van der Waals surface area contributed by atoms with Gasteiger partial charge in [-0.1, -0.05) is 24.6 Å². The van der Waals surface area contributed by atoms with E-state index in [4.69, 9.17) is 9.97 Å². The first kappa shape index (κ1) is 16.8. The maximum Gasteiger partial charge on any atom is 0.156 e. The van der Waals surface area contributed by atoms with Gasteiger partial charge >= 0.3 is 0 Å². The van der Waals surface area contributed by atoms with Crippen LogP contribution in [0.1, 0.15) is 42.4 Å².